The Morgan fingerprint density at radius 1 is 1.19 bits per heavy atom. The van der Waals surface area contributed by atoms with E-state index in [0.717, 1.165) is 11.3 Å². The maximum Gasteiger partial charge on any atom is 0.323 e. The molecule has 1 aliphatic rings. The van der Waals surface area contributed by atoms with Crippen molar-refractivity contribution in [3.05, 3.63) is 65.5 Å². The van der Waals surface area contributed by atoms with Crippen molar-refractivity contribution in [1.82, 2.24) is 9.21 Å². The summed E-state index contributed by atoms with van der Waals surface area (Å²) in [5.41, 5.74) is 1.54. The van der Waals surface area contributed by atoms with Crippen LogP contribution < -0.4 is 20.1 Å². The predicted octanol–water partition coefficient (Wildman–Crippen LogP) is 3.87. The van der Waals surface area contributed by atoms with Crippen molar-refractivity contribution in [2.75, 3.05) is 44.5 Å². The van der Waals surface area contributed by atoms with Gasteiger partial charge in [-0.3, -0.25) is 4.79 Å². The molecule has 1 aliphatic heterocycles. The van der Waals surface area contributed by atoms with Crippen LogP contribution in [0.15, 0.2) is 64.2 Å². The summed E-state index contributed by atoms with van der Waals surface area (Å²) in [4.78, 5) is 27.7. The molecule has 226 valence electrons. The van der Waals surface area contributed by atoms with Crippen LogP contribution in [0.2, 0.25) is 0 Å². The largest absolute Gasteiger partial charge is 0.497 e. The second kappa shape index (κ2) is 13.6. The van der Waals surface area contributed by atoms with Crippen molar-refractivity contribution in [3.63, 3.8) is 0 Å². The quantitative estimate of drug-likeness (QED) is 0.332. The third kappa shape index (κ3) is 7.40. The second-order valence-electron chi connectivity index (χ2n) is 10.2. The third-order valence-electron chi connectivity index (χ3n) is 7.12. The molecule has 1 aromatic heterocycles. The van der Waals surface area contributed by atoms with Crippen LogP contribution in [0.25, 0.3) is 0 Å². The summed E-state index contributed by atoms with van der Waals surface area (Å²) in [5.74, 6) is 0.591. The first-order chi connectivity index (χ1) is 20.0. The number of rotatable bonds is 9. The molecule has 0 aliphatic carbocycles. The van der Waals surface area contributed by atoms with Crippen molar-refractivity contribution < 1.29 is 32.6 Å². The summed E-state index contributed by atoms with van der Waals surface area (Å²) in [6.45, 7) is 3.73. The van der Waals surface area contributed by atoms with Gasteiger partial charge in [0.1, 0.15) is 21.8 Å². The van der Waals surface area contributed by atoms with Gasteiger partial charge >= 0.3 is 6.03 Å². The van der Waals surface area contributed by atoms with Gasteiger partial charge in [-0.1, -0.05) is 13.0 Å². The van der Waals surface area contributed by atoms with E-state index in [2.05, 4.69) is 10.6 Å². The van der Waals surface area contributed by atoms with E-state index < -0.39 is 28.2 Å². The van der Waals surface area contributed by atoms with Crippen molar-refractivity contribution in [3.8, 4) is 11.5 Å². The monoisotopic (exact) mass is 616 g/mol. The molecule has 13 heteroatoms. The molecule has 0 fully saturated rings. The molecule has 0 bridgehead atoms. The van der Waals surface area contributed by atoms with Gasteiger partial charge in [0.05, 0.1) is 32.7 Å². The Labute approximate surface area is 250 Å². The lowest BCUT2D eigenvalue weighted by Gasteiger charge is -2.33. The molecule has 11 nitrogen and oxygen atoms in total. The minimum absolute atomic E-state index is 0.0297. The molecule has 3 N–H and O–H groups in total. The minimum atomic E-state index is -3.73. The normalized spacial score (nSPS) is 18.2. The highest BCUT2D eigenvalue weighted by Gasteiger charge is 2.33. The number of thiophene rings is 1. The zero-order valence-electron chi connectivity index (χ0n) is 23.9. The summed E-state index contributed by atoms with van der Waals surface area (Å²) in [6, 6.07) is 14.2. The van der Waals surface area contributed by atoms with Crippen molar-refractivity contribution >= 4 is 44.7 Å². The van der Waals surface area contributed by atoms with Crippen LogP contribution in [-0.2, 0) is 21.2 Å². The van der Waals surface area contributed by atoms with Gasteiger partial charge in [0.2, 0.25) is 5.91 Å². The fourth-order valence-electron chi connectivity index (χ4n) is 4.61. The van der Waals surface area contributed by atoms with E-state index in [1.165, 1.54) is 11.4 Å². The van der Waals surface area contributed by atoms with Gasteiger partial charge in [-0.05, 0) is 60.8 Å². The highest BCUT2D eigenvalue weighted by molar-refractivity contribution is 7.91. The number of urea groups is 1. The first-order valence-corrected chi connectivity index (χ1v) is 15.8. The first kappa shape index (κ1) is 31.3. The van der Waals surface area contributed by atoms with Crippen LogP contribution >= 0.6 is 11.3 Å². The molecule has 0 radical (unpaired) electrons. The summed E-state index contributed by atoms with van der Waals surface area (Å²) in [5, 5.41) is 17.1. The number of hydrogen-bond acceptors (Lipinski definition) is 8. The molecule has 3 amide bonds. The summed E-state index contributed by atoms with van der Waals surface area (Å²) in [7, 11) is -0.666. The average Bonchev–Trinajstić information content (AvgIpc) is 3.53. The Kier molecular flexibility index (Phi) is 10.1. The number of benzene rings is 2. The molecular formula is C29H36N4O7S2. The van der Waals surface area contributed by atoms with Crippen LogP contribution in [0.4, 0.5) is 16.2 Å². The van der Waals surface area contributed by atoms with Crippen LogP contribution in [-0.4, -0.2) is 80.7 Å². The van der Waals surface area contributed by atoms with Gasteiger partial charge in [0.25, 0.3) is 10.0 Å². The fourth-order valence-corrected chi connectivity index (χ4v) is 6.99. The van der Waals surface area contributed by atoms with Crippen LogP contribution in [0, 0.1) is 5.92 Å². The fraction of sp³-hybridized carbons (Fsp3) is 0.379. The first-order valence-electron chi connectivity index (χ1n) is 13.4. The van der Waals surface area contributed by atoms with E-state index >= 15 is 0 Å². The lowest BCUT2D eigenvalue weighted by molar-refractivity contribution is -0.134. The number of anilines is 2. The van der Waals surface area contributed by atoms with E-state index in [1.54, 1.807) is 78.9 Å². The molecular weight excluding hydrogens is 580 g/mol. The van der Waals surface area contributed by atoms with E-state index in [4.69, 9.17) is 9.47 Å². The van der Waals surface area contributed by atoms with Gasteiger partial charge in [0.15, 0.2) is 0 Å². The van der Waals surface area contributed by atoms with E-state index in [-0.39, 0.29) is 42.2 Å². The molecule has 2 heterocycles. The number of aliphatic hydroxyl groups excluding tert-OH is 1. The Morgan fingerprint density at radius 2 is 1.88 bits per heavy atom. The van der Waals surface area contributed by atoms with Gasteiger partial charge < -0.3 is 30.1 Å². The molecule has 3 aromatic rings. The van der Waals surface area contributed by atoms with Gasteiger partial charge in [-0.15, -0.1) is 11.3 Å². The highest BCUT2D eigenvalue weighted by atomic mass is 32.2. The second-order valence-corrected chi connectivity index (χ2v) is 13.5. The molecule has 2 aromatic carbocycles. The number of ether oxygens (including phenoxy) is 2. The lowest BCUT2D eigenvalue weighted by atomic mass is 10.0. The van der Waals surface area contributed by atoms with E-state index in [1.807, 2.05) is 6.92 Å². The van der Waals surface area contributed by atoms with Crippen LogP contribution in [0.5, 0.6) is 11.5 Å². The number of nitrogens with one attached hydrogen (secondary N) is 2. The zero-order valence-corrected chi connectivity index (χ0v) is 25.6. The molecule has 3 atom stereocenters. The summed E-state index contributed by atoms with van der Waals surface area (Å²) >= 11 is 1.14. The standard InChI is InChI=1S/C29H36N4O7S2/c1-19-16-33(20(2)18-34)27(35)15-21-14-23(31-29(36)30-22-7-10-24(39-4)11-8-22)9-12-25(21)40-26(19)17-32(3)42(37,38)28-6-5-13-41-28/h5-14,19-20,26,34H,15-18H2,1-4H3,(H2,30,31,36)/t19-,20+,26+/m1/s1. The number of likely N-dealkylation sites (N-methyl/N-ethyl adjacent to an activating group) is 1. The number of fused-ring (bicyclic) bond motifs is 1. The van der Waals surface area contributed by atoms with Crippen molar-refractivity contribution in [2.24, 2.45) is 5.92 Å². The number of aliphatic hydroxyl groups is 1. The smallest absolute Gasteiger partial charge is 0.323 e. The number of carbonyl (C=O) groups is 2. The molecule has 0 saturated carbocycles. The SMILES string of the molecule is COc1ccc(NC(=O)Nc2ccc3c(c2)CC(=O)N([C@@H](C)CO)C[C@@H](C)[C@H](CN(C)S(=O)(=O)c2cccs2)O3)cc1. The van der Waals surface area contributed by atoms with Crippen LogP contribution in [0.3, 0.4) is 0 Å². The lowest BCUT2D eigenvalue weighted by Crippen LogP contribution is -2.48. The molecule has 42 heavy (non-hydrogen) atoms. The Balaban J connectivity index is 1.59. The van der Waals surface area contributed by atoms with E-state index in [9.17, 15) is 23.1 Å². The zero-order chi connectivity index (χ0) is 30.4. The maximum atomic E-state index is 13.4. The molecule has 0 saturated heterocycles. The Hall–Kier alpha value is -3.65. The number of nitrogens with zero attached hydrogens (tertiary/aromatic N) is 2. The van der Waals surface area contributed by atoms with E-state index in [0.29, 0.717) is 28.4 Å². The Morgan fingerprint density at radius 3 is 2.52 bits per heavy atom. The van der Waals surface area contributed by atoms with Gasteiger partial charge in [-0.2, -0.15) is 4.31 Å². The summed E-state index contributed by atoms with van der Waals surface area (Å²) < 4.78 is 39.4. The topological polar surface area (TPSA) is 138 Å². The third-order valence-corrected chi connectivity index (χ3v) is 10.3. The number of sulfonamides is 1. The van der Waals surface area contributed by atoms with Crippen LogP contribution in [0.1, 0.15) is 19.4 Å². The molecule has 0 spiro atoms. The maximum absolute atomic E-state index is 13.4. The average molecular weight is 617 g/mol. The van der Waals surface area contributed by atoms with Crippen molar-refractivity contribution in [2.45, 2.75) is 36.6 Å². The number of amides is 3. The van der Waals surface area contributed by atoms with Crippen molar-refractivity contribution in [1.29, 1.82) is 0 Å². The minimum Gasteiger partial charge on any atom is -0.497 e. The number of carbonyl (C=O) groups excluding carboxylic acids is 2. The Bertz CT molecular complexity index is 1480. The van der Waals surface area contributed by atoms with Gasteiger partial charge in [-0.25, -0.2) is 13.2 Å². The molecule has 0 unspecified atom stereocenters. The highest BCUT2D eigenvalue weighted by Crippen LogP contribution is 2.30. The number of methoxy groups -OCH3 is 1. The number of hydrogen-bond donors (Lipinski definition) is 3. The predicted molar refractivity (Wildman–Crippen MR) is 162 cm³/mol. The molecule has 4 rings (SSSR count). The summed E-state index contributed by atoms with van der Waals surface area (Å²) in [6.07, 6.45) is -0.641. The van der Waals surface area contributed by atoms with Gasteiger partial charge in [0, 0.05) is 36.4 Å².